The van der Waals surface area contributed by atoms with E-state index >= 15 is 0 Å². The van der Waals surface area contributed by atoms with E-state index in [0.29, 0.717) is 17.9 Å². The molecular formula is C14H18N2O2. The van der Waals surface area contributed by atoms with E-state index in [0.717, 1.165) is 30.8 Å². The smallest absolute Gasteiger partial charge is 0.140 e. The largest absolute Gasteiger partial charge is 0.489 e. The quantitative estimate of drug-likeness (QED) is 0.822. The summed E-state index contributed by atoms with van der Waals surface area (Å²) in [5.74, 6) is 0.622. The molecule has 0 aliphatic carbocycles. The van der Waals surface area contributed by atoms with Gasteiger partial charge in [0.25, 0.3) is 0 Å². The van der Waals surface area contributed by atoms with Gasteiger partial charge in [-0.3, -0.25) is 4.98 Å². The number of aryl methyl sites for hydroxylation is 2. The molecule has 1 atom stereocenters. The summed E-state index contributed by atoms with van der Waals surface area (Å²) >= 11 is 0. The van der Waals surface area contributed by atoms with Crippen molar-refractivity contribution in [3.05, 3.63) is 23.0 Å². The molecular weight excluding hydrogens is 228 g/mol. The maximum atomic E-state index is 9.13. The molecule has 4 nitrogen and oxygen atoms in total. The molecule has 1 aromatic rings. The van der Waals surface area contributed by atoms with Crippen molar-refractivity contribution in [1.29, 1.82) is 5.26 Å². The highest BCUT2D eigenvalue weighted by atomic mass is 16.5. The van der Waals surface area contributed by atoms with Crippen LogP contribution in [0.15, 0.2) is 6.07 Å². The van der Waals surface area contributed by atoms with Crippen LogP contribution in [0.2, 0.25) is 0 Å². The summed E-state index contributed by atoms with van der Waals surface area (Å²) in [7, 11) is 0. The summed E-state index contributed by atoms with van der Waals surface area (Å²) in [5, 5.41) is 9.13. The summed E-state index contributed by atoms with van der Waals surface area (Å²) < 4.78 is 11.4. The Morgan fingerprint density at radius 2 is 2.33 bits per heavy atom. The third-order valence-corrected chi connectivity index (χ3v) is 3.10. The SMILES string of the molecule is Cc1cc(OCC2CCCCO2)c(C#N)c(C)n1. The predicted octanol–water partition coefficient (Wildman–Crippen LogP) is 2.52. The summed E-state index contributed by atoms with van der Waals surface area (Å²) in [6, 6.07) is 3.96. The molecule has 0 spiro atoms. The molecule has 1 aliphatic rings. The van der Waals surface area contributed by atoms with Crippen LogP contribution in [0.4, 0.5) is 0 Å². The zero-order valence-electron chi connectivity index (χ0n) is 10.9. The molecule has 96 valence electrons. The zero-order chi connectivity index (χ0) is 13.0. The van der Waals surface area contributed by atoms with Crippen LogP contribution in [0.5, 0.6) is 5.75 Å². The van der Waals surface area contributed by atoms with Gasteiger partial charge in [0.2, 0.25) is 0 Å². The Bertz CT molecular complexity index is 460. The van der Waals surface area contributed by atoms with E-state index in [1.807, 2.05) is 19.9 Å². The number of nitrogens with zero attached hydrogens (tertiary/aromatic N) is 2. The Balaban J connectivity index is 2.06. The molecule has 0 saturated carbocycles. The van der Waals surface area contributed by atoms with Gasteiger partial charge in [-0.15, -0.1) is 0 Å². The lowest BCUT2D eigenvalue weighted by Crippen LogP contribution is -2.26. The van der Waals surface area contributed by atoms with E-state index in [1.54, 1.807) is 0 Å². The zero-order valence-corrected chi connectivity index (χ0v) is 10.9. The Labute approximate surface area is 108 Å². The summed E-state index contributed by atoms with van der Waals surface area (Å²) in [5.41, 5.74) is 2.11. The Kier molecular flexibility index (Phi) is 4.16. The number of ether oxygens (including phenoxy) is 2. The first-order chi connectivity index (χ1) is 8.70. The van der Waals surface area contributed by atoms with Crippen molar-refractivity contribution in [1.82, 2.24) is 4.98 Å². The topological polar surface area (TPSA) is 55.1 Å². The number of rotatable bonds is 3. The molecule has 0 aromatic carbocycles. The molecule has 1 saturated heterocycles. The third-order valence-electron chi connectivity index (χ3n) is 3.10. The minimum atomic E-state index is 0.152. The van der Waals surface area contributed by atoms with Crippen LogP contribution in [0.3, 0.4) is 0 Å². The number of nitriles is 1. The monoisotopic (exact) mass is 246 g/mol. The summed E-state index contributed by atoms with van der Waals surface area (Å²) in [6.07, 6.45) is 3.50. The van der Waals surface area contributed by atoms with Crippen molar-refractivity contribution in [3.63, 3.8) is 0 Å². The van der Waals surface area contributed by atoms with E-state index in [-0.39, 0.29) is 6.10 Å². The molecule has 1 aliphatic heterocycles. The first-order valence-electron chi connectivity index (χ1n) is 6.33. The van der Waals surface area contributed by atoms with Gasteiger partial charge >= 0.3 is 0 Å². The predicted molar refractivity (Wildman–Crippen MR) is 67.5 cm³/mol. The Hall–Kier alpha value is -1.60. The lowest BCUT2D eigenvalue weighted by atomic mass is 10.1. The summed E-state index contributed by atoms with van der Waals surface area (Å²) in [6.45, 7) is 5.05. The fourth-order valence-corrected chi connectivity index (χ4v) is 2.16. The van der Waals surface area contributed by atoms with Gasteiger partial charge in [0.15, 0.2) is 0 Å². The standard InChI is InChI=1S/C14H18N2O2/c1-10-7-14(13(8-15)11(2)16-10)18-9-12-5-3-4-6-17-12/h7,12H,3-6,9H2,1-2H3. The third kappa shape index (κ3) is 2.99. The second-order valence-corrected chi connectivity index (χ2v) is 4.63. The Morgan fingerprint density at radius 1 is 1.50 bits per heavy atom. The van der Waals surface area contributed by atoms with Crippen LogP contribution in [0, 0.1) is 25.2 Å². The van der Waals surface area contributed by atoms with Crippen molar-refractivity contribution in [2.45, 2.75) is 39.2 Å². The van der Waals surface area contributed by atoms with Crippen LogP contribution in [-0.2, 0) is 4.74 Å². The highest BCUT2D eigenvalue weighted by Crippen LogP contribution is 2.22. The van der Waals surface area contributed by atoms with E-state index in [1.165, 1.54) is 6.42 Å². The van der Waals surface area contributed by atoms with Crippen molar-refractivity contribution in [3.8, 4) is 11.8 Å². The molecule has 0 radical (unpaired) electrons. The number of hydrogen-bond donors (Lipinski definition) is 0. The van der Waals surface area contributed by atoms with Gasteiger partial charge in [0, 0.05) is 18.4 Å². The molecule has 0 bridgehead atoms. The van der Waals surface area contributed by atoms with E-state index in [4.69, 9.17) is 14.7 Å². The second kappa shape index (κ2) is 5.83. The van der Waals surface area contributed by atoms with E-state index in [9.17, 15) is 0 Å². The number of aromatic nitrogens is 1. The second-order valence-electron chi connectivity index (χ2n) is 4.63. The van der Waals surface area contributed by atoms with Crippen molar-refractivity contribution in [2.75, 3.05) is 13.2 Å². The molecule has 4 heteroatoms. The summed E-state index contributed by atoms with van der Waals surface area (Å²) in [4.78, 5) is 4.27. The molecule has 1 aromatic heterocycles. The molecule has 2 rings (SSSR count). The fraction of sp³-hybridized carbons (Fsp3) is 0.571. The van der Waals surface area contributed by atoms with Crippen LogP contribution in [-0.4, -0.2) is 24.3 Å². The highest BCUT2D eigenvalue weighted by molar-refractivity contribution is 5.46. The first kappa shape index (κ1) is 12.8. The molecule has 2 heterocycles. The van der Waals surface area contributed by atoms with Crippen LogP contribution >= 0.6 is 0 Å². The van der Waals surface area contributed by atoms with Crippen LogP contribution in [0.1, 0.15) is 36.2 Å². The van der Waals surface area contributed by atoms with Gasteiger partial charge in [-0.25, -0.2) is 0 Å². The number of hydrogen-bond acceptors (Lipinski definition) is 4. The lowest BCUT2D eigenvalue weighted by molar-refractivity contribution is -0.0111. The maximum Gasteiger partial charge on any atom is 0.140 e. The minimum Gasteiger partial charge on any atom is -0.489 e. The van der Waals surface area contributed by atoms with Gasteiger partial charge in [0.1, 0.15) is 24.0 Å². The van der Waals surface area contributed by atoms with Crippen LogP contribution < -0.4 is 4.74 Å². The molecule has 1 unspecified atom stereocenters. The molecule has 18 heavy (non-hydrogen) atoms. The van der Waals surface area contributed by atoms with Crippen LogP contribution in [0.25, 0.3) is 0 Å². The average Bonchev–Trinajstić information content (AvgIpc) is 2.37. The van der Waals surface area contributed by atoms with Gasteiger partial charge in [0.05, 0.1) is 11.8 Å². The van der Waals surface area contributed by atoms with E-state index in [2.05, 4.69) is 11.1 Å². The molecule has 0 amide bonds. The highest BCUT2D eigenvalue weighted by Gasteiger charge is 2.16. The lowest BCUT2D eigenvalue weighted by Gasteiger charge is -2.23. The van der Waals surface area contributed by atoms with Gasteiger partial charge in [-0.05, 0) is 33.1 Å². The molecule has 0 N–H and O–H groups in total. The average molecular weight is 246 g/mol. The van der Waals surface area contributed by atoms with Crippen molar-refractivity contribution < 1.29 is 9.47 Å². The van der Waals surface area contributed by atoms with E-state index < -0.39 is 0 Å². The fourth-order valence-electron chi connectivity index (χ4n) is 2.16. The first-order valence-corrected chi connectivity index (χ1v) is 6.33. The van der Waals surface area contributed by atoms with Crippen molar-refractivity contribution in [2.24, 2.45) is 0 Å². The maximum absolute atomic E-state index is 9.13. The molecule has 1 fully saturated rings. The normalized spacial score (nSPS) is 19.3. The number of pyridine rings is 1. The van der Waals surface area contributed by atoms with Gasteiger partial charge in [-0.1, -0.05) is 0 Å². The minimum absolute atomic E-state index is 0.152. The van der Waals surface area contributed by atoms with Gasteiger partial charge < -0.3 is 9.47 Å². The van der Waals surface area contributed by atoms with Crippen molar-refractivity contribution >= 4 is 0 Å². The van der Waals surface area contributed by atoms with Gasteiger partial charge in [-0.2, -0.15) is 5.26 Å². The Morgan fingerprint density at radius 3 is 3.00 bits per heavy atom.